The van der Waals surface area contributed by atoms with Gasteiger partial charge in [0, 0.05) is 60.3 Å². The normalized spacial score (nSPS) is 21.4. The van der Waals surface area contributed by atoms with Crippen molar-refractivity contribution in [3.05, 3.63) is 93.5 Å². The third kappa shape index (κ3) is 4.00. The summed E-state index contributed by atoms with van der Waals surface area (Å²) in [5.74, 6) is -0.0553. The minimum Gasteiger partial charge on any atom is -0.369 e. The van der Waals surface area contributed by atoms with E-state index in [9.17, 15) is 19.7 Å². The summed E-state index contributed by atoms with van der Waals surface area (Å²) in [5.41, 5.74) is 3.24. The third-order valence-electron chi connectivity index (χ3n) is 7.27. The summed E-state index contributed by atoms with van der Waals surface area (Å²) in [6.07, 6.45) is 0. The number of carbonyl (C=O) groups excluding carboxylic acids is 2. The van der Waals surface area contributed by atoms with Crippen LogP contribution >= 0.6 is 23.4 Å². The Bertz CT molecular complexity index is 1430. The van der Waals surface area contributed by atoms with Gasteiger partial charge in [-0.15, -0.1) is 11.8 Å². The highest BCUT2D eigenvalue weighted by atomic mass is 35.5. The molecule has 38 heavy (non-hydrogen) atoms. The van der Waals surface area contributed by atoms with Gasteiger partial charge in [-0.25, -0.2) is 0 Å². The lowest BCUT2D eigenvalue weighted by Crippen LogP contribution is -2.54. The number of thioether (sulfide) groups is 1. The van der Waals surface area contributed by atoms with Crippen LogP contribution in [-0.2, 0) is 14.5 Å². The van der Waals surface area contributed by atoms with Crippen molar-refractivity contribution < 1.29 is 14.5 Å². The molecule has 6 rings (SSSR count). The van der Waals surface area contributed by atoms with Crippen LogP contribution in [0.1, 0.15) is 5.56 Å². The van der Waals surface area contributed by atoms with Gasteiger partial charge in [0.1, 0.15) is 0 Å². The van der Waals surface area contributed by atoms with Crippen LogP contribution in [0.25, 0.3) is 0 Å². The highest BCUT2D eigenvalue weighted by Crippen LogP contribution is 2.55. The summed E-state index contributed by atoms with van der Waals surface area (Å²) < 4.78 is 0. The summed E-state index contributed by atoms with van der Waals surface area (Å²) in [6, 6.07) is 21.4. The SMILES string of the molecule is O=C1CS[C@]2(C(=O)N(CN3CCN(c4ccc([N+](=O)[O-])cc4)CC3)c3ccccc32)N1c1cccc(Cl)c1. The van der Waals surface area contributed by atoms with Gasteiger partial charge in [0.05, 0.1) is 23.0 Å². The average molecular weight is 550 g/mol. The number of carbonyl (C=O) groups is 2. The van der Waals surface area contributed by atoms with Gasteiger partial charge >= 0.3 is 0 Å². The smallest absolute Gasteiger partial charge is 0.269 e. The fourth-order valence-corrected chi connectivity index (χ4v) is 6.99. The first-order valence-electron chi connectivity index (χ1n) is 12.2. The topological polar surface area (TPSA) is 90.2 Å². The molecule has 0 saturated carbocycles. The largest absolute Gasteiger partial charge is 0.369 e. The molecule has 0 unspecified atom stereocenters. The molecule has 0 aliphatic carbocycles. The average Bonchev–Trinajstić information content (AvgIpc) is 3.40. The van der Waals surface area contributed by atoms with Crippen LogP contribution in [0.3, 0.4) is 0 Å². The molecule has 0 aromatic heterocycles. The zero-order valence-corrected chi connectivity index (χ0v) is 21.9. The highest BCUT2D eigenvalue weighted by Gasteiger charge is 2.61. The number of fused-ring (bicyclic) bond motifs is 2. The highest BCUT2D eigenvalue weighted by molar-refractivity contribution is 8.02. The van der Waals surface area contributed by atoms with Gasteiger partial charge in [0.15, 0.2) is 0 Å². The van der Waals surface area contributed by atoms with Crippen LogP contribution < -0.4 is 14.7 Å². The number of non-ortho nitro benzene ring substituents is 1. The molecular formula is C27H24ClN5O4S. The lowest BCUT2D eigenvalue weighted by atomic mass is 10.0. The molecule has 2 saturated heterocycles. The Balaban J connectivity index is 1.24. The van der Waals surface area contributed by atoms with Crippen LogP contribution in [0, 0.1) is 10.1 Å². The van der Waals surface area contributed by atoms with Gasteiger partial charge < -0.3 is 4.90 Å². The predicted molar refractivity (Wildman–Crippen MR) is 149 cm³/mol. The molecule has 194 valence electrons. The zero-order chi connectivity index (χ0) is 26.4. The van der Waals surface area contributed by atoms with E-state index in [4.69, 9.17) is 11.6 Å². The molecular weight excluding hydrogens is 526 g/mol. The van der Waals surface area contributed by atoms with Gasteiger partial charge in [-0.05, 0) is 36.4 Å². The predicted octanol–water partition coefficient (Wildman–Crippen LogP) is 4.31. The van der Waals surface area contributed by atoms with Crippen molar-refractivity contribution in [3.63, 3.8) is 0 Å². The van der Waals surface area contributed by atoms with Crippen LogP contribution in [0.2, 0.25) is 5.02 Å². The Morgan fingerprint density at radius 2 is 1.66 bits per heavy atom. The quantitative estimate of drug-likeness (QED) is 0.346. The minimum atomic E-state index is -1.17. The van der Waals surface area contributed by atoms with E-state index in [0.717, 1.165) is 43.1 Å². The third-order valence-corrected chi connectivity index (χ3v) is 8.89. The molecule has 1 spiro atoms. The standard InChI is InChI=1S/C27H24ClN5O4S/c28-19-4-3-5-22(16-19)32-25(34)17-38-27(32)23-6-1-2-7-24(23)31(26(27)35)18-29-12-14-30(15-13-29)20-8-10-21(11-9-20)33(36)37/h1-11,16H,12-15,17-18H2/t27-/m1/s1. The summed E-state index contributed by atoms with van der Waals surface area (Å²) in [5, 5.41) is 11.5. The number of halogens is 1. The Morgan fingerprint density at radius 1 is 0.921 bits per heavy atom. The van der Waals surface area contributed by atoms with Gasteiger partial charge in [0.25, 0.3) is 11.6 Å². The molecule has 1 atom stereocenters. The Morgan fingerprint density at radius 3 is 2.37 bits per heavy atom. The Kier molecular flexibility index (Phi) is 6.25. The van der Waals surface area contributed by atoms with Crippen molar-refractivity contribution in [2.24, 2.45) is 0 Å². The van der Waals surface area contributed by atoms with Gasteiger partial charge in [-0.3, -0.25) is 34.4 Å². The first-order valence-corrected chi connectivity index (χ1v) is 13.6. The summed E-state index contributed by atoms with van der Waals surface area (Å²) in [7, 11) is 0. The van der Waals surface area contributed by atoms with Crippen molar-refractivity contribution in [2.75, 3.05) is 53.3 Å². The number of nitro benzene ring substituents is 1. The van der Waals surface area contributed by atoms with E-state index in [2.05, 4.69) is 9.80 Å². The maximum atomic E-state index is 14.2. The van der Waals surface area contributed by atoms with E-state index in [1.165, 1.54) is 23.9 Å². The molecule has 2 amide bonds. The first kappa shape index (κ1) is 24.7. The van der Waals surface area contributed by atoms with Crippen LogP contribution in [0.15, 0.2) is 72.8 Å². The fraction of sp³-hybridized carbons (Fsp3) is 0.259. The number of anilines is 3. The van der Waals surface area contributed by atoms with Crippen molar-refractivity contribution in [2.45, 2.75) is 4.87 Å². The molecule has 3 aromatic carbocycles. The minimum absolute atomic E-state index is 0.0719. The molecule has 11 heteroatoms. The second-order valence-corrected chi connectivity index (χ2v) is 11.0. The molecule has 3 aromatic rings. The number of hydrogen-bond donors (Lipinski definition) is 0. The molecule has 9 nitrogen and oxygen atoms in total. The van der Waals surface area contributed by atoms with E-state index in [1.54, 1.807) is 40.1 Å². The second-order valence-electron chi connectivity index (χ2n) is 9.41. The van der Waals surface area contributed by atoms with Crippen LogP contribution in [0.5, 0.6) is 0 Å². The Hall–Kier alpha value is -3.60. The zero-order valence-electron chi connectivity index (χ0n) is 20.3. The van der Waals surface area contributed by atoms with Crippen LogP contribution in [-0.4, -0.2) is 60.2 Å². The Labute approximate surface area is 228 Å². The molecule has 0 N–H and O–H groups in total. The van der Waals surface area contributed by atoms with E-state index >= 15 is 0 Å². The summed E-state index contributed by atoms with van der Waals surface area (Å²) in [6.45, 7) is 3.31. The van der Waals surface area contributed by atoms with E-state index in [1.807, 2.05) is 30.3 Å². The molecule has 3 aliphatic rings. The maximum Gasteiger partial charge on any atom is 0.269 e. The lowest BCUT2D eigenvalue weighted by Gasteiger charge is -2.38. The van der Waals surface area contributed by atoms with E-state index in [0.29, 0.717) is 17.4 Å². The van der Waals surface area contributed by atoms with Gasteiger partial charge in [-0.2, -0.15) is 0 Å². The molecule has 3 aliphatic heterocycles. The molecule has 0 radical (unpaired) electrons. The van der Waals surface area contributed by atoms with E-state index < -0.39 is 9.79 Å². The monoisotopic (exact) mass is 549 g/mol. The summed E-state index contributed by atoms with van der Waals surface area (Å²) in [4.78, 5) is 44.6. The molecule has 0 bridgehead atoms. The second kappa shape index (κ2) is 9.61. The number of amides is 2. The van der Waals surface area contributed by atoms with Crippen molar-refractivity contribution in [1.29, 1.82) is 0 Å². The number of rotatable bonds is 5. The van der Waals surface area contributed by atoms with Crippen molar-refractivity contribution in [1.82, 2.24) is 4.90 Å². The maximum absolute atomic E-state index is 14.2. The van der Waals surface area contributed by atoms with Gasteiger partial charge in [0.2, 0.25) is 10.8 Å². The van der Waals surface area contributed by atoms with Gasteiger partial charge in [-0.1, -0.05) is 35.9 Å². The number of piperazine rings is 1. The van der Waals surface area contributed by atoms with Crippen LogP contribution in [0.4, 0.5) is 22.7 Å². The number of nitrogens with zero attached hydrogens (tertiary/aromatic N) is 5. The molecule has 3 heterocycles. The lowest BCUT2D eigenvalue weighted by molar-refractivity contribution is -0.384. The number of nitro groups is 1. The number of benzene rings is 3. The van der Waals surface area contributed by atoms with E-state index in [-0.39, 0.29) is 23.3 Å². The fourth-order valence-electron chi connectivity index (χ4n) is 5.44. The summed E-state index contributed by atoms with van der Waals surface area (Å²) >= 11 is 7.61. The first-order chi connectivity index (χ1) is 18.4. The molecule has 2 fully saturated rings. The van der Waals surface area contributed by atoms with Crippen molar-refractivity contribution in [3.8, 4) is 0 Å². The number of hydrogen-bond acceptors (Lipinski definition) is 7. The number of para-hydroxylation sites is 1. The van der Waals surface area contributed by atoms with Crippen molar-refractivity contribution >= 4 is 57.9 Å².